The molecule has 0 saturated carbocycles. The first-order chi connectivity index (χ1) is 9.92. The van der Waals surface area contributed by atoms with Gasteiger partial charge in [0.15, 0.2) is 6.79 Å². The summed E-state index contributed by atoms with van der Waals surface area (Å²) in [6, 6.07) is 0. The molecule has 0 aliphatic heterocycles. The average Bonchev–Trinajstić information content (AvgIpc) is 2.48. The van der Waals surface area contributed by atoms with Gasteiger partial charge in [-0.1, -0.05) is 40.7 Å². The molecule has 0 fully saturated rings. The lowest BCUT2D eigenvalue weighted by atomic mass is 10.3. The van der Waals surface area contributed by atoms with Crippen molar-refractivity contribution in [2.75, 3.05) is 13.6 Å². The zero-order valence-electron chi connectivity index (χ0n) is 14.6. The van der Waals surface area contributed by atoms with E-state index in [1.807, 2.05) is 27.7 Å². The van der Waals surface area contributed by atoms with Gasteiger partial charge in [-0.3, -0.25) is 0 Å². The minimum atomic E-state index is -0.451. The van der Waals surface area contributed by atoms with Gasteiger partial charge in [0.1, 0.15) is 6.79 Å². The van der Waals surface area contributed by atoms with Crippen molar-refractivity contribution in [1.82, 2.24) is 0 Å². The molecular weight excluding hydrogens is 272 g/mol. The number of rotatable bonds is 8. The van der Waals surface area contributed by atoms with Crippen molar-refractivity contribution in [3.63, 3.8) is 0 Å². The van der Waals surface area contributed by atoms with Crippen LogP contribution in [0.4, 0.5) is 0 Å². The van der Waals surface area contributed by atoms with E-state index in [4.69, 9.17) is 14.6 Å². The summed E-state index contributed by atoms with van der Waals surface area (Å²) in [5.41, 5.74) is 0. The summed E-state index contributed by atoms with van der Waals surface area (Å²) in [4.78, 5) is 10.5. The van der Waals surface area contributed by atoms with Gasteiger partial charge in [0.25, 0.3) is 0 Å². The van der Waals surface area contributed by atoms with Crippen LogP contribution in [0.15, 0.2) is 12.7 Å². The fourth-order valence-electron chi connectivity index (χ4n) is 0.630. The highest BCUT2D eigenvalue weighted by Crippen LogP contribution is 1.95. The lowest BCUT2D eigenvalue weighted by Crippen LogP contribution is -2.12. The Labute approximate surface area is 130 Å². The third-order valence-corrected chi connectivity index (χ3v) is 2.23. The Kier molecular flexibility index (Phi) is 25.5. The monoisotopic (exact) mass is 306 g/mol. The standard InChI is InChI=1S/C8H14O3.C5H12O2.C3H8/c1-4-7(3)10-6-11-8(9)5-2;1-3-5(2)7-4-6;1-3-2/h5,7H,2,4,6H2,1,3H3;5-6H,3-4H2,1-2H3;3H2,1-2H3. The van der Waals surface area contributed by atoms with E-state index < -0.39 is 5.97 Å². The molecular formula is C16H34O5. The van der Waals surface area contributed by atoms with E-state index in [1.165, 1.54) is 6.42 Å². The van der Waals surface area contributed by atoms with E-state index in [2.05, 4.69) is 25.2 Å². The van der Waals surface area contributed by atoms with Crippen LogP contribution in [-0.2, 0) is 19.0 Å². The molecule has 0 aliphatic carbocycles. The lowest BCUT2D eigenvalue weighted by Gasteiger charge is -2.09. The highest BCUT2D eigenvalue weighted by molar-refractivity contribution is 5.81. The maximum absolute atomic E-state index is 10.5. The van der Waals surface area contributed by atoms with Gasteiger partial charge in [0, 0.05) is 6.08 Å². The fraction of sp³-hybridized carbons (Fsp3) is 0.812. The van der Waals surface area contributed by atoms with E-state index in [0.29, 0.717) is 0 Å². The summed E-state index contributed by atoms with van der Waals surface area (Å²) < 4.78 is 14.4. The average molecular weight is 306 g/mol. The Bertz CT molecular complexity index is 219. The van der Waals surface area contributed by atoms with Crippen LogP contribution in [0, 0.1) is 0 Å². The molecule has 5 nitrogen and oxygen atoms in total. The predicted molar refractivity (Wildman–Crippen MR) is 85.9 cm³/mol. The summed E-state index contributed by atoms with van der Waals surface area (Å²) in [6.45, 7) is 15.2. The van der Waals surface area contributed by atoms with Crippen LogP contribution >= 0.6 is 0 Å². The molecule has 2 unspecified atom stereocenters. The number of hydrogen-bond acceptors (Lipinski definition) is 5. The minimum Gasteiger partial charge on any atom is -0.435 e. The normalized spacial score (nSPS) is 12.0. The Hall–Kier alpha value is -0.910. The van der Waals surface area contributed by atoms with Gasteiger partial charge in [-0.15, -0.1) is 0 Å². The first-order valence-corrected chi connectivity index (χ1v) is 7.56. The second kappa shape index (κ2) is 21.4. The first-order valence-electron chi connectivity index (χ1n) is 7.56. The maximum Gasteiger partial charge on any atom is 0.332 e. The van der Waals surface area contributed by atoms with Crippen LogP contribution in [0.1, 0.15) is 60.8 Å². The van der Waals surface area contributed by atoms with Gasteiger partial charge in [-0.05, 0) is 26.7 Å². The molecule has 0 aromatic carbocycles. The maximum atomic E-state index is 10.5. The Morgan fingerprint density at radius 3 is 1.81 bits per heavy atom. The van der Waals surface area contributed by atoms with E-state index >= 15 is 0 Å². The van der Waals surface area contributed by atoms with Gasteiger partial charge >= 0.3 is 5.97 Å². The molecule has 1 N–H and O–H groups in total. The minimum absolute atomic E-state index is 0.0137. The van der Waals surface area contributed by atoms with Crippen molar-refractivity contribution < 1.29 is 24.1 Å². The van der Waals surface area contributed by atoms with Crippen LogP contribution in [0.5, 0.6) is 0 Å². The second-order valence-electron chi connectivity index (χ2n) is 4.39. The van der Waals surface area contributed by atoms with Crippen LogP contribution in [0.2, 0.25) is 0 Å². The number of ether oxygens (including phenoxy) is 3. The van der Waals surface area contributed by atoms with Gasteiger partial charge in [-0.2, -0.15) is 0 Å². The van der Waals surface area contributed by atoms with Crippen molar-refractivity contribution in [1.29, 1.82) is 0 Å². The third-order valence-electron chi connectivity index (χ3n) is 2.23. The number of carbonyl (C=O) groups excluding carboxylic acids is 1. The van der Waals surface area contributed by atoms with Crippen molar-refractivity contribution in [3.05, 3.63) is 12.7 Å². The molecule has 0 spiro atoms. The van der Waals surface area contributed by atoms with Crippen molar-refractivity contribution in [2.45, 2.75) is 73.0 Å². The summed E-state index contributed by atoms with van der Waals surface area (Å²) in [6.07, 6.45) is 4.56. The van der Waals surface area contributed by atoms with Crippen LogP contribution in [0.3, 0.4) is 0 Å². The fourth-order valence-corrected chi connectivity index (χ4v) is 0.630. The SMILES string of the molecule is C=CC(=O)OCOC(C)CC.CCC.CCC(C)OCO. The third kappa shape index (κ3) is 28.1. The Morgan fingerprint density at radius 1 is 1.10 bits per heavy atom. The van der Waals surface area contributed by atoms with Crippen molar-refractivity contribution in [3.8, 4) is 0 Å². The molecule has 128 valence electrons. The van der Waals surface area contributed by atoms with Gasteiger partial charge in [0.2, 0.25) is 0 Å². The van der Waals surface area contributed by atoms with Gasteiger partial charge < -0.3 is 19.3 Å². The van der Waals surface area contributed by atoms with E-state index in [-0.39, 0.29) is 25.8 Å². The molecule has 0 aromatic rings. The molecule has 0 bridgehead atoms. The molecule has 0 aromatic heterocycles. The molecule has 2 atom stereocenters. The highest BCUT2D eigenvalue weighted by Gasteiger charge is 1.99. The second-order valence-corrected chi connectivity index (χ2v) is 4.39. The Morgan fingerprint density at radius 2 is 1.52 bits per heavy atom. The summed E-state index contributed by atoms with van der Waals surface area (Å²) in [5.74, 6) is -0.451. The molecule has 0 amide bonds. The molecule has 0 radical (unpaired) electrons. The van der Waals surface area contributed by atoms with Gasteiger partial charge in [0.05, 0.1) is 12.2 Å². The van der Waals surface area contributed by atoms with E-state index in [1.54, 1.807) is 0 Å². The Balaban J connectivity index is -0.000000277. The molecule has 0 aliphatic rings. The number of aliphatic hydroxyl groups excluding tert-OH is 1. The van der Waals surface area contributed by atoms with Crippen molar-refractivity contribution >= 4 is 5.97 Å². The van der Waals surface area contributed by atoms with Gasteiger partial charge in [-0.25, -0.2) is 4.79 Å². The molecule has 0 heterocycles. The van der Waals surface area contributed by atoms with Crippen molar-refractivity contribution in [2.24, 2.45) is 0 Å². The number of hydrogen-bond donors (Lipinski definition) is 1. The predicted octanol–water partition coefficient (Wildman–Crippen LogP) is 3.66. The summed E-state index contributed by atoms with van der Waals surface area (Å²) in [7, 11) is 0. The van der Waals surface area contributed by atoms with E-state index in [9.17, 15) is 4.79 Å². The zero-order chi connectivity index (χ0) is 17.1. The lowest BCUT2D eigenvalue weighted by molar-refractivity contribution is -0.154. The molecule has 5 heteroatoms. The first kappa shape index (κ1) is 25.1. The van der Waals surface area contributed by atoms with Crippen LogP contribution < -0.4 is 0 Å². The summed E-state index contributed by atoms with van der Waals surface area (Å²) in [5, 5.41) is 8.15. The highest BCUT2D eigenvalue weighted by atomic mass is 16.7. The number of carbonyl (C=O) groups is 1. The smallest absolute Gasteiger partial charge is 0.332 e. The topological polar surface area (TPSA) is 65.0 Å². The molecule has 0 rings (SSSR count). The number of esters is 1. The van der Waals surface area contributed by atoms with Crippen LogP contribution in [0.25, 0.3) is 0 Å². The quantitative estimate of drug-likeness (QED) is 0.421. The van der Waals surface area contributed by atoms with Crippen LogP contribution in [-0.4, -0.2) is 36.9 Å². The molecule has 21 heavy (non-hydrogen) atoms. The molecule has 0 saturated heterocycles. The van der Waals surface area contributed by atoms with E-state index in [0.717, 1.165) is 18.9 Å². The zero-order valence-corrected chi connectivity index (χ0v) is 14.6. The largest absolute Gasteiger partial charge is 0.435 e. The number of aliphatic hydroxyl groups is 1. The summed E-state index contributed by atoms with van der Waals surface area (Å²) >= 11 is 0.